The van der Waals surface area contributed by atoms with Gasteiger partial charge in [-0.2, -0.15) is 0 Å². The van der Waals surface area contributed by atoms with Crippen LogP contribution in [0, 0.1) is 0 Å². The molecule has 0 aromatic heterocycles. The van der Waals surface area contributed by atoms with Crippen molar-refractivity contribution in [1.29, 1.82) is 0 Å². The maximum Gasteiger partial charge on any atom is 0.224 e. The molecular weight excluding hydrogens is 294 g/mol. The Morgan fingerprint density at radius 2 is 1.70 bits per heavy atom. The Kier molecular flexibility index (Phi) is 8.30. The summed E-state index contributed by atoms with van der Waals surface area (Å²) >= 11 is 0. The van der Waals surface area contributed by atoms with Crippen molar-refractivity contribution in [2.45, 2.75) is 52.0 Å². The molecule has 0 bridgehead atoms. The number of hydrogen-bond acceptors (Lipinski definition) is 4. The van der Waals surface area contributed by atoms with Gasteiger partial charge in [0.1, 0.15) is 0 Å². The number of nitrogens with one attached hydrogen (secondary N) is 1. The van der Waals surface area contributed by atoms with E-state index in [0.29, 0.717) is 17.2 Å². The highest BCUT2D eigenvalue weighted by Gasteiger charge is 2.15. The molecule has 0 spiro atoms. The molecule has 0 heterocycles. The predicted molar refractivity (Wildman–Crippen MR) is 91.5 cm³/mol. The van der Waals surface area contributed by atoms with Gasteiger partial charge in [0.2, 0.25) is 11.7 Å². The first-order valence-corrected chi connectivity index (χ1v) is 8.13. The first-order chi connectivity index (χ1) is 11.0. The van der Waals surface area contributed by atoms with Crippen LogP contribution in [0.15, 0.2) is 12.1 Å². The van der Waals surface area contributed by atoms with Gasteiger partial charge in [0.15, 0.2) is 11.5 Å². The zero-order valence-electron chi connectivity index (χ0n) is 14.9. The van der Waals surface area contributed by atoms with Gasteiger partial charge in [0.25, 0.3) is 0 Å². The Morgan fingerprint density at radius 1 is 1.09 bits per heavy atom. The summed E-state index contributed by atoms with van der Waals surface area (Å²) in [5, 5.41) is 3.04. The lowest BCUT2D eigenvalue weighted by Crippen LogP contribution is -2.33. The van der Waals surface area contributed by atoms with Crippen LogP contribution in [0.25, 0.3) is 0 Å². The minimum atomic E-state index is 0.00303. The van der Waals surface area contributed by atoms with Gasteiger partial charge in [-0.3, -0.25) is 4.79 Å². The summed E-state index contributed by atoms with van der Waals surface area (Å²) in [6.45, 7) is 4.22. The largest absolute Gasteiger partial charge is 0.493 e. The molecule has 5 nitrogen and oxygen atoms in total. The van der Waals surface area contributed by atoms with Crippen LogP contribution < -0.4 is 19.5 Å². The molecule has 0 saturated carbocycles. The minimum absolute atomic E-state index is 0.00303. The van der Waals surface area contributed by atoms with E-state index in [1.807, 2.05) is 19.1 Å². The Hall–Kier alpha value is -1.91. The molecule has 0 unspecified atom stereocenters. The van der Waals surface area contributed by atoms with Crippen LogP contribution in [-0.2, 0) is 11.2 Å². The fraction of sp³-hybridized carbons (Fsp3) is 0.611. The third-order valence-corrected chi connectivity index (χ3v) is 3.74. The number of ether oxygens (including phenoxy) is 3. The zero-order chi connectivity index (χ0) is 17.2. The van der Waals surface area contributed by atoms with Crippen LogP contribution in [-0.4, -0.2) is 33.3 Å². The molecule has 130 valence electrons. The van der Waals surface area contributed by atoms with E-state index < -0.39 is 0 Å². The maximum atomic E-state index is 12.2. The predicted octanol–water partition coefficient (Wildman–Crippen LogP) is 3.34. The fourth-order valence-electron chi connectivity index (χ4n) is 2.52. The van der Waals surface area contributed by atoms with E-state index in [0.717, 1.165) is 18.4 Å². The van der Waals surface area contributed by atoms with Crippen LogP contribution >= 0.6 is 0 Å². The van der Waals surface area contributed by atoms with E-state index in [4.69, 9.17) is 14.2 Å². The minimum Gasteiger partial charge on any atom is -0.493 e. The number of methoxy groups -OCH3 is 3. The first-order valence-electron chi connectivity index (χ1n) is 8.13. The molecule has 0 aliphatic rings. The van der Waals surface area contributed by atoms with Crippen molar-refractivity contribution >= 4 is 5.91 Å². The summed E-state index contributed by atoms with van der Waals surface area (Å²) in [5.74, 6) is 1.66. The fourth-order valence-corrected chi connectivity index (χ4v) is 2.52. The molecule has 23 heavy (non-hydrogen) atoms. The molecule has 0 saturated heterocycles. The summed E-state index contributed by atoms with van der Waals surface area (Å²) in [6, 6.07) is 3.81. The van der Waals surface area contributed by atoms with Gasteiger partial charge in [-0.1, -0.05) is 26.2 Å². The van der Waals surface area contributed by atoms with Gasteiger partial charge in [-0.05, 0) is 31.0 Å². The Labute approximate surface area is 139 Å². The number of rotatable bonds is 10. The molecule has 1 N–H and O–H groups in total. The lowest BCUT2D eigenvalue weighted by molar-refractivity contribution is -0.121. The van der Waals surface area contributed by atoms with Crippen LogP contribution in [0.2, 0.25) is 0 Å². The van der Waals surface area contributed by atoms with Gasteiger partial charge in [-0.15, -0.1) is 0 Å². The molecule has 1 aromatic carbocycles. The number of hydrogen-bond donors (Lipinski definition) is 1. The van der Waals surface area contributed by atoms with Gasteiger partial charge < -0.3 is 19.5 Å². The second-order valence-electron chi connectivity index (χ2n) is 5.67. The standard InChI is InChI=1S/C18H29NO4/c1-6-7-8-9-13(2)19-17(20)12-14-10-15(21-3)18(23-5)16(11-14)22-4/h10-11,13H,6-9,12H2,1-5H3,(H,19,20)/t13-/m1/s1. The van der Waals surface area contributed by atoms with Crippen molar-refractivity contribution in [2.24, 2.45) is 0 Å². The Bertz CT molecular complexity index is 477. The number of amides is 1. The molecule has 1 aromatic rings. The maximum absolute atomic E-state index is 12.2. The van der Waals surface area contributed by atoms with Gasteiger partial charge >= 0.3 is 0 Å². The molecule has 1 rings (SSSR count). The van der Waals surface area contributed by atoms with Crippen molar-refractivity contribution in [3.63, 3.8) is 0 Å². The van der Waals surface area contributed by atoms with Crippen molar-refractivity contribution in [2.75, 3.05) is 21.3 Å². The summed E-state index contributed by atoms with van der Waals surface area (Å²) in [6.07, 6.45) is 4.82. The van der Waals surface area contributed by atoms with Gasteiger partial charge in [0, 0.05) is 6.04 Å². The van der Waals surface area contributed by atoms with Gasteiger partial charge in [0.05, 0.1) is 27.8 Å². The summed E-state index contributed by atoms with van der Waals surface area (Å²) in [4.78, 5) is 12.2. The Morgan fingerprint density at radius 3 is 2.17 bits per heavy atom. The lowest BCUT2D eigenvalue weighted by Gasteiger charge is -2.16. The third-order valence-electron chi connectivity index (χ3n) is 3.74. The second kappa shape index (κ2) is 9.98. The summed E-state index contributed by atoms with van der Waals surface area (Å²) < 4.78 is 15.9. The molecular formula is C18H29NO4. The molecule has 0 aliphatic carbocycles. The normalized spacial score (nSPS) is 11.7. The van der Waals surface area contributed by atoms with E-state index in [1.54, 1.807) is 21.3 Å². The van der Waals surface area contributed by atoms with Crippen LogP contribution in [0.1, 0.15) is 45.1 Å². The first kappa shape index (κ1) is 19.1. The molecule has 1 amide bonds. The molecule has 5 heteroatoms. The third kappa shape index (κ3) is 6.00. The number of carbonyl (C=O) groups is 1. The molecule has 0 aliphatic heterocycles. The van der Waals surface area contributed by atoms with Crippen LogP contribution in [0.4, 0.5) is 0 Å². The van der Waals surface area contributed by atoms with Crippen LogP contribution in [0.3, 0.4) is 0 Å². The molecule has 0 fully saturated rings. The highest BCUT2D eigenvalue weighted by atomic mass is 16.5. The van der Waals surface area contributed by atoms with Crippen molar-refractivity contribution < 1.29 is 19.0 Å². The number of benzene rings is 1. The smallest absolute Gasteiger partial charge is 0.224 e. The average Bonchev–Trinajstić information content (AvgIpc) is 2.53. The van der Waals surface area contributed by atoms with E-state index in [-0.39, 0.29) is 18.4 Å². The summed E-state index contributed by atoms with van der Waals surface area (Å²) in [7, 11) is 4.69. The zero-order valence-corrected chi connectivity index (χ0v) is 14.9. The average molecular weight is 323 g/mol. The van der Waals surface area contributed by atoms with E-state index >= 15 is 0 Å². The van der Waals surface area contributed by atoms with Crippen molar-refractivity contribution in [1.82, 2.24) is 5.32 Å². The number of unbranched alkanes of at least 4 members (excludes halogenated alkanes) is 2. The SMILES string of the molecule is CCCCC[C@@H](C)NC(=O)Cc1cc(OC)c(OC)c(OC)c1. The number of carbonyl (C=O) groups excluding carboxylic acids is 1. The quantitative estimate of drug-likeness (QED) is 0.671. The highest BCUT2D eigenvalue weighted by Crippen LogP contribution is 2.38. The van der Waals surface area contributed by atoms with E-state index in [1.165, 1.54) is 12.8 Å². The molecule has 0 radical (unpaired) electrons. The topological polar surface area (TPSA) is 56.8 Å². The van der Waals surface area contributed by atoms with Crippen LogP contribution in [0.5, 0.6) is 17.2 Å². The van der Waals surface area contributed by atoms with E-state index in [2.05, 4.69) is 12.2 Å². The Balaban J connectivity index is 2.70. The van der Waals surface area contributed by atoms with Gasteiger partial charge in [-0.25, -0.2) is 0 Å². The highest BCUT2D eigenvalue weighted by molar-refractivity contribution is 5.79. The second-order valence-corrected chi connectivity index (χ2v) is 5.67. The van der Waals surface area contributed by atoms with Crippen molar-refractivity contribution in [3.05, 3.63) is 17.7 Å². The lowest BCUT2D eigenvalue weighted by atomic mass is 10.1. The monoisotopic (exact) mass is 323 g/mol. The van der Waals surface area contributed by atoms with Crippen molar-refractivity contribution in [3.8, 4) is 17.2 Å². The summed E-state index contributed by atoms with van der Waals surface area (Å²) in [5.41, 5.74) is 0.831. The van der Waals surface area contributed by atoms with E-state index in [9.17, 15) is 4.79 Å². The molecule has 1 atom stereocenters.